The number of H-pyrrole nitrogens is 1. The second-order valence-corrected chi connectivity index (χ2v) is 5.49. The molecule has 1 aliphatic heterocycles. The molecule has 5 nitrogen and oxygen atoms in total. The minimum atomic E-state index is 0.228. The van der Waals surface area contributed by atoms with E-state index in [9.17, 15) is 0 Å². The zero-order chi connectivity index (χ0) is 14.2. The zero-order valence-corrected chi connectivity index (χ0v) is 12.1. The van der Waals surface area contributed by atoms with Gasteiger partial charge in [-0.05, 0) is 42.5 Å². The SMILES string of the molecule is Clc1nc(N2CCCCc3ccccc32)c2[nH]cnc2n1. The van der Waals surface area contributed by atoms with Gasteiger partial charge < -0.3 is 9.88 Å². The molecule has 3 aromatic rings. The van der Waals surface area contributed by atoms with Crippen LogP contribution in [0.3, 0.4) is 0 Å². The van der Waals surface area contributed by atoms with E-state index in [0.717, 1.165) is 30.7 Å². The van der Waals surface area contributed by atoms with Gasteiger partial charge >= 0.3 is 0 Å². The number of hydrogen-bond acceptors (Lipinski definition) is 4. The maximum absolute atomic E-state index is 6.07. The summed E-state index contributed by atoms with van der Waals surface area (Å²) in [5.41, 5.74) is 3.97. The summed E-state index contributed by atoms with van der Waals surface area (Å²) in [6, 6.07) is 8.46. The molecular formula is C15H14ClN5. The third kappa shape index (κ3) is 2.14. The van der Waals surface area contributed by atoms with Crippen LogP contribution in [0.2, 0.25) is 5.28 Å². The highest BCUT2D eigenvalue weighted by atomic mass is 35.5. The molecular weight excluding hydrogens is 286 g/mol. The summed E-state index contributed by atoms with van der Waals surface area (Å²) in [5.74, 6) is 0.803. The van der Waals surface area contributed by atoms with Crippen molar-refractivity contribution in [3.8, 4) is 0 Å². The van der Waals surface area contributed by atoms with Crippen LogP contribution in [0.5, 0.6) is 0 Å². The van der Waals surface area contributed by atoms with Crippen molar-refractivity contribution in [2.24, 2.45) is 0 Å². The fraction of sp³-hybridized carbons (Fsp3) is 0.267. The Balaban J connectivity index is 1.94. The van der Waals surface area contributed by atoms with Crippen LogP contribution >= 0.6 is 11.6 Å². The topological polar surface area (TPSA) is 57.7 Å². The first-order valence-corrected chi connectivity index (χ1v) is 7.43. The van der Waals surface area contributed by atoms with Gasteiger partial charge in [0.15, 0.2) is 11.5 Å². The average Bonchev–Trinajstić information content (AvgIpc) is 2.85. The third-order valence-corrected chi connectivity index (χ3v) is 4.02. The molecule has 6 heteroatoms. The zero-order valence-electron chi connectivity index (χ0n) is 11.4. The van der Waals surface area contributed by atoms with Crippen LogP contribution in [0, 0.1) is 0 Å². The Kier molecular flexibility index (Phi) is 3.00. The monoisotopic (exact) mass is 299 g/mol. The van der Waals surface area contributed by atoms with Crippen molar-refractivity contribution in [1.82, 2.24) is 19.9 Å². The van der Waals surface area contributed by atoms with Gasteiger partial charge in [-0.25, -0.2) is 4.98 Å². The minimum absolute atomic E-state index is 0.228. The van der Waals surface area contributed by atoms with E-state index in [4.69, 9.17) is 11.6 Å². The summed E-state index contributed by atoms with van der Waals surface area (Å²) in [7, 11) is 0. The Labute approximate surface area is 127 Å². The smallest absolute Gasteiger partial charge is 0.226 e. The number of hydrogen-bond donors (Lipinski definition) is 1. The molecule has 106 valence electrons. The highest BCUT2D eigenvalue weighted by molar-refractivity contribution is 6.28. The number of aromatic amines is 1. The van der Waals surface area contributed by atoms with E-state index in [0.29, 0.717) is 5.65 Å². The fourth-order valence-corrected chi connectivity index (χ4v) is 3.06. The lowest BCUT2D eigenvalue weighted by molar-refractivity contribution is 0.758. The molecule has 21 heavy (non-hydrogen) atoms. The predicted molar refractivity (Wildman–Crippen MR) is 83.1 cm³/mol. The maximum atomic E-state index is 6.07. The molecule has 4 rings (SSSR count). The molecule has 1 N–H and O–H groups in total. The van der Waals surface area contributed by atoms with Crippen molar-refractivity contribution >= 4 is 34.3 Å². The first kappa shape index (κ1) is 12.6. The van der Waals surface area contributed by atoms with E-state index < -0.39 is 0 Å². The number of imidazole rings is 1. The summed E-state index contributed by atoms with van der Waals surface area (Å²) in [6.45, 7) is 0.915. The van der Waals surface area contributed by atoms with Crippen LogP contribution in [0.4, 0.5) is 11.5 Å². The Bertz CT molecular complexity index is 798. The molecule has 2 aromatic heterocycles. The van der Waals surface area contributed by atoms with Crippen molar-refractivity contribution in [2.75, 3.05) is 11.4 Å². The summed E-state index contributed by atoms with van der Waals surface area (Å²) in [4.78, 5) is 18.1. The fourth-order valence-electron chi connectivity index (χ4n) is 2.90. The normalized spacial score (nSPS) is 15.0. The highest BCUT2D eigenvalue weighted by Gasteiger charge is 2.21. The van der Waals surface area contributed by atoms with Gasteiger partial charge in [0.2, 0.25) is 5.28 Å². The lowest BCUT2D eigenvalue weighted by Gasteiger charge is -2.24. The van der Waals surface area contributed by atoms with E-state index in [1.807, 2.05) is 0 Å². The number of anilines is 2. The number of benzene rings is 1. The molecule has 3 heterocycles. The quantitative estimate of drug-likeness (QED) is 0.699. The Hall–Kier alpha value is -2.14. The van der Waals surface area contributed by atoms with Crippen LogP contribution in [-0.4, -0.2) is 26.5 Å². The van der Waals surface area contributed by atoms with Gasteiger partial charge in [0.05, 0.1) is 6.33 Å². The molecule has 1 aromatic carbocycles. The maximum Gasteiger partial charge on any atom is 0.226 e. The number of halogens is 1. The number of aryl methyl sites for hydroxylation is 1. The van der Waals surface area contributed by atoms with Gasteiger partial charge in [-0.2, -0.15) is 9.97 Å². The van der Waals surface area contributed by atoms with Gasteiger partial charge in [0, 0.05) is 12.2 Å². The van der Waals surface area contributed by atoms with Crippen LogP contribution in [-0.2, 0) is 6.42 Å². The van der Waals surface area contributed by atoms with E-state index in [1.165, 1.54) is 17.7 Å². The van der Waals surface area contributed by atoms with Gasteiger partial charge in [-0.3, -0.25) is 0 Å². The van der Waals surface area contributed by atoms with Gasteiger partial charge in [-0.15, -0.1) is 0 Å². The Morgan fingerprint density at radius 2 is 2.05 bits per heavy atom. The standard InChI is InChI=1S/C15H14ClN5/c16-15-19-13-12(17-9-18-13)14(20-15)21-8-4-3-6-10-5-1-2-7-11(10)21/h1-2,5,7,9H,3-4,6,8H2,(H,17,18,19,20). The number of fused-ring (bicyclic) bond motifs is 2. The molecule has 0 bridgehead atoms. The third-order valence-electron chi connectivity index (χ3n) is 3.86. The van der Waals surface area contributed by atoms with Crippen LogP contribution in [0.25, 0.3) is 11.2 Å². The molecule has 0 unspecified atom stereocenters. The van der Waals surface area contributed by atoms with E-state index >= 15 is 0 Å². The van der Waals surface area contributed by atoms with Crippen molar-refractivity contribution < 1.29 is 0 Å². The molecule has 0 saturated carbocycles. The lowest BCUT2D eigenvalue weighted by Crippen LogP contribution is -2.20. The number of rotatable bonds is 1. The largest absolute Gasteiger partial charge is 0.340 e. The molecule has 0 fully saturated rings. The summed E-state index contributed by atoms with van der Waals surface area (Å²) < 4.78 is 0. The number of nitrogens with one attached hydrogen (secondary N) is 1. The second kappa shape index (κ2) is 5.00. The van der Waals surface area contributed by atoms with Crippen LogP contribution in [0.1, 0.15) is 18.4 Å². The number of aromatic nitrogens is 4. The highest BCUT2D eigenvalue weighted by Crippen LogP contribution is 2.34. The average molecular weight is 300 g/mol. The van der Waals surface area contributed by atoms with Gasteiger partial charge in [-0.1, -0.05) is 18.2 Å². The number of para-hydroxylation sites is 1. The first-order valence-electron chi connectivity index (χ1n) is 7.05. The van der Waals surface area contributed by atoms with Crippen molar-refractivity contribution in [3.63, 3.8) is 0 Å². The second-order valence-electron chi connectivity index (χ2n) is 5.15. The Morgan fingerprint density at radius 1 is 1.14 bits per heavy atom. The predicted octanol–water partition coefficient (Wildman–Crippen LogP) is 3.48. The van der Waals surface area contributed by atoms with Crippen LogP contribution in [0.15, 0.2) is 30.6 Å². The van der Waals surface area contributed by atoms with E-state index in [2.05, 4.69) is 49.1 Å². The lowest BCUT2D eigenvalue weighted by atomic mass is 10.1. The summed E-state index contributed by atoms with van der Waals surface area (Å²) >= 11 is 6.07. The molecule has 1 aliphatic rings. The molecule has 0 atom stereocenters. The molecule has 0 radical (unpaired) electrons. The minimum Gasteiger partial charge on any atom is -0.340 e. The summed E-state index contributed by atoms with van der Waals surface area (Å²) in [5, 5.41) is 0.228. The first-order chi connectivity index (χ1) is 10.3. The van der Waals surface area contributed by atoms with Crippen molar-refractivity contribution in [2.45, 2.75) is 19.3 Å². The summed E-state index contributed by atoms with van der Waals surface area (Å²) in [6.07, 6.45) is 5.02. The van der Waals surface area contributed by atoms with Crippen LogP contribution < -0.4 is 4.90 Å². The van der Waals surface area contributed by atoms with Gasteiger partial charge in [0.1, 0.15) is 5.52 Å². The van der Waals surface area contributed by atoms with E-state index in [1.54, 1.807) is 6.33 Å². The molecule has 0 spiro atoms. The number of nitrogens with zero attached hydrogens (tertiary/aromatic N) is 4. The van der Waals surface area contributed by atoms with Crippen molar-refractivity contribution in [1.29, 1.82) is 0 Å². The molecule has 0 amide bonds. The van der Waals surface area contributed by atoms with Gasteiger partial charge in [0.25, 0.3) is 0 Å². The Morgan fingerprint density at radius 3 is 3.00 bits per heavy atom. The molecule has 0 saturated heterocycles. The van der Waals surface area contributed by atoms with E-state index in [-0.39, 0.29) is 5.28 Å². The molecule has 0 aliphatic carbocycles. The van der Waals surface area contributed by atoms with Crippen molar-refractivity contribution in [3.05, 3.63) is 41.4 Å².